The van der Waals surface area contributed by atoms with Crippen molar-refractivity contribution in [1.29, 1.82) is 0 Å². The van der Waals surface area contributed by atoms with Gasteiger partial charge in [-0.05, 0) is 70.2 Å². The van der Waals surface area contributed by atoms with Gasteiger partial charge >= 0.3 is 6.03 Å². The molecule has 2 amide bonds. The number of amides is 2. The van der Waals surface area contributed by atoms with Crippen LogP contribution in [0.3, 0.4) is 0 Å². The van der Waals surface area contributed by atoms with Crippen molar-refractivity contribution in [3.05, 3.63) is 29.8 Å². The van der Waals surface area contributed by atoms with Crippen LogP contribution in [0.2, 0.25) is 0 Å². The van der Waals surface area contributed by atoms with Crippen LogP contribution in [0.1, 0.15) is 37.7 Å². The first kappa shape index (κ1) is 18.7. The minimum absolute atomic E-state index is 0.126. The standard InChI is InChI=1S/C19H31N3O2/c1-16-7-9-18(10-8-16)21-19(24)20-14-17-6-5-12-22(15-17)11-3-2-4-13-23/h7-10,17,23H,2-6,11-15H2,1H3,(H2,20,21,24). The van der Waals surface area contributed by atoms with Crippen molar-refractivity contribution in [2.45, 2.75) is 39.0 Å². The van der Waals surface area contributed by atoms with Crippen LogP contribution in [0.15, 0.2) is 24.3 Å². The van der Waals surface area contributed by atoms with Crippen molar-refractivity contribution in [3.63, 3.8) is 0 Å². The number of aliphatic hydroxyl groups is 1. The molecule has 3 N–H and O–H groups in total. The average Bonchev–Trinajstić information content (AvgIpc) is 2.59. The molecule has 0 aromatic heterocycles. The van der Waals surface area contributed by atoms with Crippen molar-refractivity contribution in [2.24, 2.45) is 5.92 Å². The molecule has 2 rings (SSSR count). The maximum Gasteiger partial charge on any atom is 0.319 e. The monoisotopic (exact) mass is 333 g/mol. The smallest absolute Gasteiger partial charge is 0.319 e. The molecule has 1 aliphatic rings. The molecule has 134 valence electrons. The lowest BCUT2D eigenvalue weighted by molar-refractivity contribution is 0.168. The molecule has 5 nitrogen and oxygen atoms in total. The number of hydrogen-bond donors (Lipinski definition) is 3. The maximum absolute atomic E-state index is 12.0. The highest BCUT2D eigenvalue weighted by molar-refractivity contribution is 5.89. The second-order valence-electron chi connectivity index (χ2n) is 6.79. The van der Waals surface area contributed by atoms with Crippen LogP contribution in [0.25, 0.3) is 0 Å². The zero-order valence-electron chi connectivity index (χ0n) is 14.8. The number of piperidine rings is 1. The molecule has 0 bridgehead atoms. The van der Waals surface area contributed by atoms with Crippen molar-refractivity contribution >= 4 is 11.7 Å². The molecule has 1 aromatic rings. The minimum atomic E-state index is -0.126. The van der Waals surface area contributed by atoms with E-state index >= 15 is 0 Å². The van der Waals surface area contributed by atoms with E-state index in [1.54, 1.807) is 0 Å². The summed E-state index contributed by atoms with van der Waals surface area (Å²) in [4.78, 5) is 14.5. The SMILES string of the molecule is Cc1ccc(NC(=O)NCC2CCCN(CCCCCO)C2)cc1. The van der Waals surface area contributed by atoms with E-state index in [0.717, 1.165) is 51.1 Å². The Bertz CT molecular complexity index is 490. The van der Waals surface area contributed by atoms with Gasteiger partial charge in [-0.25, -0.2) is 4.79 Å². The van der Waals surface area contributed by atoms with Crippen LogP contribution < -0.4 is 10.6 Å². The summed E-state index contributed by atoms with van der Waals surface area (Å²) in [7, 11) is 0. The van der Waals surface area contributed by atoms with Gasteiger partial charge in [0.05, 0.1) is 0 Å². The van der Waals surface area contributed by atoms with Crippen molar-refractivity contribution in [3.8, 4) is 0 Å². The molecule has 5 heteroatoms. The summed E-state index contributed by atoms with van der Waals surface area (Å²) >= 11 is 0. The van der Waals surface area contributed by atoms with Crippen molar-refractivity contribution < 1.29 is 9.90 Å². The normalized spacial score (nSPS) is 18.3. The first-order chi connectivity index (χ1) is 11.7. The number of aryl methyl sites for hydroxylation is 1. The van der Waals surface area contributed by atoms with Gasteiger partial charge in [-0.15, -0.1) is 0 Å². The highest BCUT2D eigenvalue weighted by Gasteiger charge is 2.19. The van der Waals surface area contributed by atoms with Crippen LogP contribution in [0.5, 0.6) is 0 Å². The lowest BCUT2D eigenvalue weighted by Gasteiger charge is -2.32. The number of carbonyl (C=O) groups excluding carboxylic acids is 1. The van der Waals surface area contributed by atoms with E-state index in [9.17, 15) is 4.79 Å². The first-order valence-corrected chi connectivity index (χ1v) is 9.12. The second kappa shape index (κ2) is 10.3. The van der Waals surface area contributed by atoms with E-state index in [0.29, 0.717) is 12.5 Å². The average molecular weight is 333 g/mol. The molecule has 0 saturated carbocycles. The second-order valence-corrected chi connectivity index (χ2v) is 6.79. The molecule has 24 heavy (non-hydrogen) atoms. The Morgan fingerprint density at radius 1 is 1.25 bits per heavy atom. The molecule has 1 heterocycles. The van der Waals surface area contributed by atoms with Crippen molar-refractivity contribution in [1.82, 2.24) is 10.2 Å². The quantitative estimate of drug-likeness (QED) is 0.641. The number of urea groups is 1. The Balaban J connectivity index is 1.65. The number of anilines is 1. The topological polar surface area (TPSA) is 64.6 Å². The van der Waals surface area contributed by atoms with Crippen LogP contribution in [0, 0.1) is 12.8 Å². The largest absolute Gasteiger partial charge is 0.396 e. The molecule has 1 saturated heterocycles. The Labute approximate surface area is 145 Å². The molecule has 0 radical (unpaired) electrons. The van der Waals surface area contributed by atoms with Gasteiger partial charge in [-0.1, -0.05) is 17.7 Å². The zero-order valence-corrected chi connectivity index (χ0v) is 14.8. The summed E-state index contributed by atoms with van der Waals surface area (Å²) in [5.74, 6) is 0.528. The Morgan fingerprint density at radius 2 is 2.04 bits per heavy atom. The molecular formula is C19H31N3O2. The van der Waals surface area contributed by atoms with Gasteiger partial charge in [0.15, 0.2) is 0 Å². The fourth-order valence-electron chi connectivity index (χ4n) is 3.19. The third-order valence-corrected chi connectivity index (χ3v) is 4.60. The number of rotatable bonds is 8. The number of carbonyl (C=O) groups is 1. The minimum Gasteiger partial charge on any atom is -0.396 e. The Kier molecular flexibility index (Phi) is 8.05. The van der Waals surface area contributed by atoms with E-state index in [4.69, 9.17) is 5.11 Å². The molecule has 1 aromatic carbocycles. The van der Waals surface area contributed by atoms with Gasteiger partial charge in [0.1, 0.15) is 0 Å². The lowest BCUT2D eigenvalue weighted by atomic mass is 9.98. The van der Waals surface area contributed by atoms with Crippen LogP contribution in [-0.4, -0.2) is 48.8 Å². The molecule has 1 aliphatic heterocycles. The maximum atomic E-state index is 12.0. The molecule has 0 aliphatic carbocycles. The van der Waals surface area contributed by atoms with E-state index < -0.39 is 0 Å². The molecule has 1 fully saturated rings. The molecular weight excluding hydrogens is 302 g/mol. The van der Waals surface area contributed by atoms with E-state index in [1.165, 1.54) is 18.4 Å². The van der Waals surface area contributed by atoms with Crippen LogP contribution in [-0.2, 0) is 0 Å². The van der Waals surface area contributed by atoms with E-state index in [1.807, 2.05) is 31.2 Å². The fourth-order valence-corrected chi connectivity index (χ4v) is 3.19. The van der Waals surface area contributed by atoms with Gasteiger partial charge in [-0.2, -0.15) is 0 Å². The van der Waals surface area contributed by atoms with Gasteiger partial charge in [0.25, 0.3) is 0 Å². The molecule has 1 unspecified atom stereocenters. The number of aliphatic hydroxyl groups excluding tert-OH is 1. The summed E-state index contributed by atoms with van der Waals surface area (Å²) in [6.45, 7) is 6.37. The summed E-state index contributed by atoms with van der Waals surface area (Å²) < 4.78 is 0. The highest BCUT2D eigenvalue weighted by Crippen LogP contribution is 2.16. The van der Waals surface area contributed by atoms with Crippen LogP contribution in [0.4, 0.5) is 10.5 Å². The summed E-state index contributed by atoms with van der Waals surface area (Å²) in [5, 5.41) is 14.7. The van der Waals surface area contributed by atoms with E-state index in [2.05, 4.69) is 15.5 Å². The fraction of sp³-hybridized carbons (Fsp3) is 0.632. The number of nitrogens with zero attached hydrogens (tertiary/aromatic N) is 1. The predicted octanol–water partition coefficient (Wildman–Crippen LogP) is 2.99. The molecule has 1 atom stereocenters. The van der Waals surface area contributed by atoms with E-state index in [-0.39, 0.29) is 6.03 Å². The summed E-state index contributed by atoms with van der Waals surface area (Å²) in [6, 6.07) is 7.70. The number of hydrogen-bond acceptors (Lipinski definition) is 3. The zero-order chi connectivity index (χ0) is 17.2. The number of benzene rings is 1. The Morgan fingerprint density at radius 3 is 2.79 bits per heavy atom. The third kappa shape index (κ3) is 6.89. The van der Waals surface area contributed by atoms with Gasteiger partial charge in [0.2, 0.25) is 0 Å². The highest BCUT2D eigenvalue weighted by atomic mass is 16.2. The van der Waals surface area contributed by atoms with Gasteiger partial charge in [0, 0.05) is 25.4 Å². The predicted molar refractivity (Wildman–Crippen MR) is 98.3 cm³/mol. The Hall–Kier alpha value is -1.59. The number of unbranched alkanes of at least 4 members (excludes halogenated alkanes) is 2. The van der Waals surface area contributed by atoms with Gasteiger partial charge < -0.3 is 20.6 Å². The summed E-state index contributed by atoms with van der Waals surface area (Å²) in [5.41, 5.74) is 2.01. The van der Waals surface area contributed by atoms with Crippen molar-refractivity contribution in [2.75, 3.05) is 38.1 Å². The third-order valence-electron chi connectivity index (χ3n) is 4.60. The summed E-state index contributed by atoms with van der Waals surface area (Å²) in [6.07, 6.45) is 5.52. The number of nitrogens with one attached hydrogen (secondary N) is 2. The number of likely N-dealkylation sites (tertiary alicyclic amines) is 1. The van der Waals surface area contributed by atoms with Crippen LogP contribution >= 0.6 is 0 Å². The van der Waals surface area contributed by atoms with Gasteiger partial charge in [-0.3, -0.25) is 0 Å². The lowest BCUT2D eigenvalue weighted by Crippen LogP contribution is -2.42. The first-order valence-electron chi connectivity index (χ1n) is 9.12. The molecule has 0 spiro atoms.